The minimum Gasteiger partial charge on any atom is -0.444 e. The molecule has 0 bridgehead atoms. The summed E-state index contributed by atoms with van der Waals surface area (Å²) in [6.07, 6.45) is 0.849. The van der Waals surface area contributed by atoms with Gasteiger partial charge < -0.3 is 20.3 Å². The van der Waals surface area contributed by atoms with Crippen LogP contribution in [0.25, 0.3) is 0 Å². The molecule has 0 aliphatic heterocycles. The lowest BCUT2D eigenvalue weighted by Gasteiger charge is -2.22. The zero-order valence-corrected chi connectivity index (χ0v) is 18.8. The van der Waals surface area contributed by atoms with E-state index in [4.69, 9.17) is 27.9 Å². The van der Waals surface area contributed by atoms with Gasteiger partial charge in [-0.15, -0.1) is 0 Å². The monoisotopic (exact) mass is 445 g/mol. The first kappa shape index (κ1) is 25.0. The summed E-state index contributed by atoms with van der Waals surface area (Å²) in [4.78, 5) is 37.9. The fourth-order valence-corrected chi connectivity index (χ4v) is 2.76. The second-order valence-electron chi connectivity index (χ2n) is 7.52. The van der Waals surface area contributed by atoms with Crippen LogP contribution in [0, 0.1) is 0 Å². The molecular weight excluding hydrogens is 417 g/mol. The summed E-state index contributed by atoms with van der Waals surface area (Å²) in [6.45, 7) is 7.94. The number of nitrogens with zero attached hydrogens (tertiary/aromatic N) is 1. The molecule has 1 rings (SSSR count). The first-order valence-corrected chi connectivity index (χ1v) is 10.3. The van der Waals surface area contributed by atoms with Gasteiger partial charge in [0.25, 0.3) is 0 Å². The molecule has 0 fully saturated rings. The van der Waals surface area contributed by atoms with E-state index in [1.807, 2.05) is 6.92 Å². The molecule has 0 aliphatic carbocycles. The highest BCUT2D eigenvalue weighted by atomic mass is 35.5. The lowest BCUT2D eigenvalue weighted by molar-refractivity contribution is -0.134. The molecule has 0 saturated carbocycles. The predicted octanol–water partition coefficient (Wildman–Crippen LogP) is 4.48. The first-order chi connectivity index (χ1) is 13.5. The van der Waals surface area contributed by atoms with Crippen LogP contribution >= 0.6 is 23.2 Å². The van der Waals surface area contributed by atoms with Crippen LogP contribution in [0.4, 0.5) is 10.5 Å². The summed E-state index contributed by atoms with van der Waals surface area (Å²) in [5.41, 5.74) is -0.175. The van der Waals surface area contributed by atoms with Gasteiger partial charge in [0.1, 0.15) is 5.60 Å². The smallest absolute Gasteiger partial charge is 0.407 e. The Bertz CT molecular complexity index is 720. The van der Waals surface area contributed by atoms with Gasteiger partial charge in [-0.25, -0.2) is 4.79 Å². The van der Waals surface area contributed by atoms with E-state index in [1.54, 1.807) is 39.0 Å². The number of amides is 3. The Hall–Kier alpha value is -1.99. The number of carbonyl (C=O) groups is 3. The van der Waals surface area contributed by atoms with Gasteiger partial charge >= 0.3 is 6.09 Å². The van der Waals surface area contributed by atoms with Crippen molar-refractivity contribution in [3.8, 4) is 0 Å². The van der Waals surface area contributed by atoms with Crippen LogP contribution in [0.2, 0.25) is 10.0 Å². The third kappa shape index (κ3) is 10.4. The van der Waals surface area contributed by atoms with Crippen molar-refractivity contribution in [3.05, 3.63) is 28.2 Å². The number of nitrogens with one attached hydrogen (secondary N) is 2. The van der Waals surface area contributed by atoms with Crippen molar-refractivity contribution in [3.63, 3.8) is 0 Å². The highest BCUT2D eigenvalue weighted by molar-refractivity contribution is 6.35. The van der Waals surface area contributed by atoms with Gasteiger partial charge in [-0.3, -0.25) is 9.59 Å². The van der Waals surface area contributed by atoms with E-state index in [2.05, 4.69) is 10.6 Å². The molecule has 0 saturated heterocycles. The maximum Gasteiger partial charge on any atom is 0.407 e. The van der Waals surface area contributed by atoms with E-state index < -0.39 is 11.7 Å². The summed E-state index contributed by atoms with van der Waals surface area (Å²) in [7, 11) is 0. The highest BCUT2D eigenvalue weighted by Crippen LogP contribution is 2.25. The van der Waals surface area contributed by atoms with Gasteiger partial charge in [-0.05, 0) is 51.8 Å². The number of carbonyl (C=O) groups excluding carboxylic acids is 3. The number of anilines is 1. The maximum atomic E-state index is 12.5. The second kappa shape index (κ2) is 11.9. The van der Waals surface area contributed by atoms with E-state index in [-0.39, 0.29) is 24.8 Å². The lowest BCUT2D eigenvalue weighted by atomic mass is 10.2. The zero-order valence-electron chi connectivity index (χ0n) is 17.3. The molecule has 29 heavy (non-hydrogen) atoms. The van der Waals surface area contributed by atoms with E-state index in [0.717, 1.165) is 0 Å². The molecule has 0 spiro atoms. The molecule has 0 atom stereocenters. The van der Waals surface area contributed by atoms with Crippen molar-refractivity contribution >= 4 is 46.8 Å². The molecule has 3 amide bonds. The summed E-state index contributed by atoms with van der Waals surface area (Å²) in [6, 6.07) is 4.76. The third-order valence-electron chi connectivity index (χ3n) is 3.62. The van der Waals surface area contributed by atoms with Gasteiger partial charge in [-0.1, -0.05) is 30.1 Å². The van der Waals surface area contributed by atoms with Crippen LogP contribution in [-0.2, 0) is 14.3 Å². The standard InChI is InChI=1S/C20H29Cl2N3O4/c1-5-11-25(13-17(26)24-16-12-14(21)8-9-15(16)22)18(27)7-6-10-23-19(28)29-20(2,3)4/h8-9,12H,5-7,10-11,13H2,1-4H3,(H,23,28)(H,24,26). The van der Waals surface area contributed by atoms with E-state index >= 15 is 0 Å². The molecule has 9 heteroatoms. The molecule has 2 N–H and O–H groups in total. The van der Waals surface area contributed by atoms with Gasteiger partial charge in [0.2, 0.25) is 11.8 Å². The Morgan fingerprint density at radius 3 is 2.48 bits per heavy atom. The summed E-state index contributed by atoms with van der Waals surface area (Å²) < 4.78 is 5.14. The van der Waals surface area contributed by atoms with E-state index in [1.165, 1.54) is 4.90 Å². The van der Waals surface area contributed by atoms with Crippen molar-refractivity contribution in [1.29, 1.82) is 0 Å². The van der Waals surface area contributed by atoms with Crippen molar-refractivity contribution in [2.24, 2.45) is 0 Å². The van der Waals surface area contributed by atoms with Crippen molar-refractivity contribution < 1.29 is 19.1 Å². The Balaban J connectivity index is 2.50. The van der Waals surface area contributed by atoms with Crippen LogP contribution < -0.4 is 10.6 Å². The average molecular weight is 446 g/mol. The van der Waals surface area contributed by atoms with Crippen LogP contribution in [0.5, 0.6) is 0 Å². The lowest BCUT2D eigenvalue weighted by Crippen LogP contribution is -2.39. The maximum absolute atomic E-state index is 12.5. The Morgan fingerprint density at radius 2 is 1.86 bits per heavy atom. The van der Waals surface area contributed by atoms with Crippen molar-refractivity contribution in [2.45, 2.75) is 52.6 Å². The SMILES string of the molecule is CCCN(CC(=O)Nc1cc(Cl)ccc1Cl)C(=O)CCCNC(=O)OC(C)(C)C. The van der Waals surface area contributed by atoms with Crippen LogP contribution in [0.15, 0.2) is 18.2 Å². The number of alkyl carbamates (subject to hydrolysis) is 1. The second-order valence-corrected chi connectivity index (χ2v) is 8.36. The topological polar surface area (TPSA) is 87.7 Å². The molecular formula is C20H29Cl2N3O4. The first-order valence-electron chi connectivity index (χ1n) is 9.51. The predicted molar refractivity (Wildman–Crippen MR) is 115 cm³/mol. The summed E-state index contributed by atoms with van der Waals surface area (Å²) in [5, 5.41) is 6.10. The third-order valence-corrected chi connectivity index (χ3v) is 4.18. The van der Waals surface area contributed by atoms with E-state index in [0.29, 0.717) is 41.7 Å². The number of ether oxygens (including phenoxy) is 1. The fourth-order valence-electron chi connectivity index (χ4n) is 2.42. The van der Waals surface area contributed by atoms with Gasteiger partial charge in [-0.2, -0.15) is 0 Å². The van der Waals surface area contributed by atoms with Crippen LogP contribution in [-0.4, -0.2) is 48.0 Å². The molecule has 7 nitrogen and oxygen atoms in total. The van der Waals surface area contributed by atoms with Gasteiger partial charge in [0.15, 0.2) is 0 Å². The zero-order chi connectivity index (χ0) is 22.0. The highest BCUT2D eigenvalue weighted by Gasteiger charge is 2.18. The summed E-state index contributed by atoms with van der Waals surface area (Å²) >= 11 is 12.0. The van der Waals surface area contributed by atoms with Crippen LogP contribution in [0.3, 0.4) is 0 Å². The van der Waals surface area contributed by atoms with Crippen molar-refractivity contribution in [2.75, 3.05) is 25.0 Å². The number of rotatable bonds is 9. The van der Waals surface area contributed by atoms with Gasteiger partial charge in [0, 0.05) is 24.5 Å². The fraction of sp³-hybridized carbons (Fsp3) is 0.550. The molecule has 1 aromatic carbocycles. The quantitative estimate of drug-likeness (QED) is 0.548. The Morgan fingerprint density at radius 1 is 1.17 bits per heavy atom. The molecule has 0 unspecified atom stereocenters. The number of hydrogen-bond donors (Lipinski definition) is 2. The van der Waals surface area contributed by atoms with E-state index in [9.17, 15) is 14.4 Å². The Labute approximate surface area is 182 Å². The molecule has 0 aromatic heterocycles. The number of benzene rings is 1. The molecule has 0 aliphatic rings. The molecule has 0 heterocycles. The minimum absolute atomic E-state index is 0.0883. The molecule has 1 aromatic rings. The minimum atomic E-state index is -0.572. The number of halogens is 2. The van der Waals surface area contributed by atoms with Gasteiger partial charge in [0.05, 0.1) is 17.3 Å². The largest absolute Gasteiger partial charge is 0.444 e. The molecule has 0 radical (unpaired) electrons. The van der Waals surface area contributed by atoms with Crippen molar-refractivity contribution in [1.82, 2.24) is 10.2 Å². The van der Waals surface area contributed by atoms with Crippen LogP contribution in [0.1, 0.15) is 47.0 Å². The Kier molecular flexibility index (Phi) is 10.3. The molecule has 162 valence electrons. The average Bonchev–Trinajstić information content (AvgIpc) is 2.59. The number of hydrogen-bond acceptors (Lipinski definition) is 4. The summed E-state index contributed by atoms with van der Waals surface area (Å²) in [5.74, 6) is -0.520. The normalized spacial score (nSPS) is 11.0.